The number of likely N-dealkylation sites (N-methyl/N-ethyl adjacent to an activating group) is 1. The minimum atomic E-state index is -0.0743. The van der Waals surface area contributed by atoms with E-state index in [0.717, 1.165) is 51.1 Å². The van der Waals surface area contributed by atoms with Gasteiger partial charge in [-0.2, -0.15) is 0 Å². The third-order valence-corrected chi connectivity index (χ3v) is 6.59. The van der Waals surface area contributed by atoms with Gasteiger partial charge in [0.2, 0.25) is 11.8 Å². The highest BCUT2D eigenvalue weighted by Gasteiger charge is 2.43. The quantitative estimate of drug-likeness (QED) is 0.819. The molecule has 0 bridgehead atoms. The molecule has 2 aliphatic heterocycles. The van der Waals surface area contributed by atoms with Gasteiger partial charge < -0.3 is 9.80 Å². The molecule has 3 rings (SSSR count). The topological polar surface area (TPSA) is 43.9 Å². The van der Waals surface area contributed by atoms with Crippen molar-refractivity contribution in [1.29, 1.82) is 0 Å². The Labute approximate surface area is 163 Å². The zero-order valence-corrected chi connectivity index (χ0v) is 17.3. The number of piperazine rings is 1. The number of nitrogens with zero attached hydrogens (tertiary/aromatic N) is 3. The standard InChI is InChI=1S/C22H33N3O2/c1-5-24-11-10-22(9-8-20(24)26)16-25(13-12-23(22)4)21(27)15-19-14-17(2)6-7-18(19)3/h6-7,14H,5,8-13,15-16H2,1-4H3. The molecule has 1 atom stereocenters. The molecule has 0 N–H and O–H groups in total. The molecular formula is C22H33N3O2. The van der Waals surface area contributed by atoms with E-state index in [9.17, 15) is 9.59 Å². The molecule has 1 spiro atoms. The summed E-state index contributed by atoms with van der Waals surface area (Å²) in [5.41, 5.74) is 3.42. The first-order chi connectivity index (χ1) is 12.8. The summed E-state index contributed by atoms with van der Waals surface area (Å²) >= 11 is 0. The van der Waals surface area contributed by atoms with Crippen LogP contribution < -0.4 is 0 Å². The lowest BCUT2D eigenvalue weighted by atomic mass is 9.86. The maximum atomic E-state index is 13.1. The summed E-state index contributed by atoms with van der Waals surface area (Å²) in [5.74, 6) is 0.459. The first kappa shape index (κ1) is 19.9. The van der Waals surface area contributed by atoms with Crippen LogP contribution in [-0.4, -0.2) is 71.8 Å². The Morgan fingerprint density at radius 2 is 1.93 bits per heavy atom. The van der Waals surface area contributed by atoms with Crippen molar-refractivity contribution in [3.8, 4) is 0 Å². The normalized spacial score (nSPS) is 24.4. The summed E-state index contributed by atoms with van der Waals surface area (Å²) in [6.45, 7) is 10.1. The van der Waals surface area contributed by atoms with Gasteiger partial charge in [-0.05, 0) is 51.8 Å². The fourth-order valence-corrected chi connectivity index (χ4v) is 4.51. The van der Waals surface area contributed by atoms with Crippen molar-refractivity contribution < 1.29 is 9.59 Å². The van der Waals surface area contributed by atoms with E-state index in [1.165, 1.54) is 11.1 Å². The molecule has 1 unspecified atom stereocenters. The van der Waals surface area contributed by atoms with Crippen molar-refractivity contribution in [2.75, 3.05) is 39.8 Å². The van der Waals surface area contributed by atoms with Gasteiger partial charge >= 0.3 is 0 Å². The average molecular weight is 372 g/mol. The van der Waals surface area contributed by atoms with E-state index in [2.05, 4.69) is 44.0 Å². The van der Waals surface area contributed by atoms with Crippen LogP contribution in [0.4, 0.5) is 0 Å². The van der Waals surface area contributed by atoms with Crippen LogP contribution >= 0.6 is 0 Å². The maximum absolute atomic E-state index is 13.1. The van der Waals surface area contributed by atoms with Gasteiger partial charge in [-0.1, -0.05) is 23.8 Å². The van der Waals surface area contributed by atoms with E-state index in [4.69, 9.17) is 0 Å². The number of rotatable bonds is 3. The SMILES string of the molecule is CCN1CCC2(CCC1=O)CN(C(=O)Cc1cc(C)ccc1C)CCN2C. The summed E-state index contributed by atoms with van der Waals surface area (Å²) in [6, 6.07) is 6.32. The molecule has 1 aromatic carbocycles. The van der Waals surface area contributed by atoms with Gasteiger partial charge in [0, 0.05) is 44.7 Å². The monoisotopic (exact) mass is 371 g/mol. The van der Waals surface area contributed by atoms with Crippen molar-refractivity contribution in [1.82, 2.24) is 14.7 Å². The molecule has 1 aromatic rings. The van der Waals surface area contributed by atoms with Crippen molar-refractivity contribution in [3.05, 3.63) is 34.9 Å². The van der Waals surface area contributed by atoms with Crippen LogP contribution in [0.2, 0.25) is 0 Å². The Balaban J connectivity index is 1.73. The first-order valence-electron chi connectivity index (χ1n) is 10.2. The lowest BCUT2D eigenvalue weighted by molar-refractivity contribution is -0.136. The zero-order chi connectivity index (χ0) is 19.6. The first-order valence-corrected chi connectivity index (χ1v) is 10.2. The molecule has 2 amide bonds. The smallest absolute Gasteiger partial charge is 0.227 e. The van der Waals surface area contributed by atoms with E-state index in [1.807, 2.05) is 16.7 Å². The molecule has 2 saturated heterocycles. The molecule has 5 nitrogen and oxygen atoms in total. The summed E-state index contributed by atoms with van der Waals surface area (Å²) in [4.78, 5) is 31.8. The third kappa shape index (κ3) is 4.18. The number of hydrogen-bond donors (Lipinski definition) is 0. The Kier molecular flexibility index (Phi) is 5.89. The van der Waals surface area contributed by atoms with E-state index in [-0.39, 0.29) is 17.4 Å². The summed E-state index contributed by atoms with van der Waals surface area (Å²) in [7, 11) is 2.15. The number of carbonyl (C=O) groups is 2. The van der Waals surface area contributed by atoms with Crippen LogP contribution in [0.5, 0.6) is 0 Å². The zero-order valence-electron chi connectivity index (χ0n) is 17.3. The second-order valence-electron chi connectivity index (χ2n) is 8.29. The molecule has 5 heteroatoms. The second-order valence-corrected chi connectivity index (χ2v) is 8.29. The minimum Gasteiger partial charge on any atom is -0.343 e. The molecule has 2 aliphatic rings. The van der Waals surface area contributed by atoms with Crippen molar-refractivity contribution in [2.24, 2.45) is 0 Å². The van der Waals surface area contributed by atoms with Crippen LogP contribution in [0.15, 0.2) is 18.2 Å². The lowest BCUT2D eigenvalue weighted by Gasteiger charge is -2.49. The second kappa shape index (κ2) is 8.01. The summed E-state index contributed by atoms with van der Waals surface area (Å²) in [5, 5.41) is 0. The van der Waals surface area contributed by atoms with Crippen LogP contribution in [0.25, 0.3) is 0 Å². The summed E-state index contributed by atoms with van der Waals surface area (Å²) < 4.78 is 0. The van der Waals surface area contributed by atoms with E-state index >= 15 is 0 Å². The number of hydrogen-bond acceptors (Lipinski definition) is 3. The highest BCUT2D eigenvalue weighted by molar-refractivity contribution is 5.80. The van der Waals surface area contributed by atoms with Gasteiger partial charge in [0.25, 0.3) is 0 Å². The fourth-order valence-electron chi connectivity index (χ4n) is 4.51. The molecule has 0 aromatic heterocycles. The predicted octanol–water partition coefficient (Wildman–Crippen LogP) is 2.39. The Morgan fingerprint density at radius 1 is 1.15 bits per heavy atom. The van der Waals surface area contributed by atoms with Gasteiger partial charge in [-0.15, -0.1) is 0 Å². The third-order valence-electron chi connectivity index (χ3n) is 6.59. The van der Waals surface area contributed by atoms with Crippen LogP contribution in [-0.2, 0) is 16.0 Å². The summed E-state index contributed by atoms with van der Waals surface area (Å²) in [6.07, 6.45) is 2.83. The Bertz CT molecular complexity index is 718. The van der Waals surface area contributed by atoms with Crippen LogP contribution in [0.3, 0.4) is 0 Å². The number of benzene rings is 1. The highest BCUT2D eigenvalue weighted by atomic mass is 16.2. The number of aryl methyl sites for hydroxylation is 2. The molecule has 0 saturated carbocycles. The average Bonchev–Trinajstić information content (AvgIpc) is 2.80. The van der Waals surface area contributed by atoms with Crippen LogP contribution in [0.1, 0.15) is 42.9 Å². The molecule has 0 radical (unpaired) electrons. The Morgan fingerprint density at radius 3 is 2.67 bits per heavy atom. The Hall–Kier alpha value is -1.88. The molecule has 2 heterocycles. The van der Waals surface area contributed by atoms with E-state index in [1.54, 1.807) is 0 Å². The molecule has 0 aliphatic carbocycles. The van der Waals surface area contributed by atoms with Gasteiger partial charge in [0.05, 0.1) is 6.42 Å². The van der Waals surface area contributed by atoms with E-state index in [0.29, 0.717) is 12.8 Å². The van der Waals surface area contributed by atoms with Gasteiger partial charge in [-0.25, -0.2) is 0 Å². The largest absolute Gasteiger partial charge is 0.343 e. The highest BCUT2D eigenvalue weighted by Crippen LogP contribution is 2.32. The van der Waals surface area contributed by atoms with Gasteiger partial charge in [0.15, 0.2) is 0 Å². The van der Waals surface area contributed by atoms with Gasteiger partial charge in [0.1, 0.15) is 0 Å². The molecule has 148 valence electrons. The molecule has 27 heavy (non-hydrogen) atoms. The van der Waals surface area contributed by atoms with Crippen molar-refractivity contribution in [2.45, 2.75) is 52.0 Å². The minimum absolute atomic E-state index is 0.0743. The maximum Gasteiger partial charge on any atom is 0.227 e. The predicted molar refractivity (Wildman–Crippen MR) is 108 cm³/mol. The number of amides is 2. The van der Waals surface area contributed by atoms with E-state index < -0.39 is 0 Å². The lowest BCUT2D eigenvalue weighted by Crippen LogP contribution is -2.62. The van der Waals surface area contributed by atoms with Gasteiger partial charge in [-0.3, -0.25) is 14.5 Å². The van der Waals surface area contributed by atoms with Crippen molar-refractivity contribution >= 4 is 11.8 Å². The van der Waals surface area contributed by atoms with Crippen molar-refractivity contribution in [3.63, 3.8) is 0 Å². The molecular weight excluding hydrogens is 338 g/mol. The fraction of sp³-hybridized carbons (Fsp3) is 0.636. The number of carbonyl (C=O) groups excluding carboxylic acids is 2. The van der Waals surface area contributed by atoms with Crippen LogP contribution in [0, 0.1) is 13.8 Å². The molecule has 2 fully saturated rings. The number of likely N-dealkylation sites (tertiary alicyclic amines) is 1.